The van der Waals surface area contributed by atoms with Gasteiger partial charge in [0, 0.05) is 50.7 Å². The van der Waals surface area contributed by atoms with E-state index in [4.69, 9.17) is 14.2 Å². The standard InChI is InChI=1S/C21H28N2O4/c24-21(4-2-16-1-3-20-17(13-16)6-10-27-20)22-14-19(18-5-9-26-15-18)23-7-11-25-12-8-23/h1-4,13,18-19H,5-12,14-15H2,(H,22,24)/b4-2+. The second-order valence-electron chi connectivity index (χ2n) is 7.38. The Kier molecular flexibility index (Phi) is 6.07. The van der Waals surface area contributed by atoms with Gasteiger partial charge in [0.15, 0.2) is 0 Å². The first-order chi connectivity index (χ1) is 13.3. The van der Waals surface area contributed by atoms with Gasteiger partial charge in [-0.25, -0.2) is 0 Å². The van der Waals surface area contributed by atoms with Gasteiger partial charge < -0.3 is 19.5 Å². The number of rotatable bonds is 6. The molecule has 0 bridgehead atoms. The third-order valence-corrected chi connectivity index (χ3v) is 5.65. The Hall–Kier alpha value is -1.89. The first-order valence-electron chi connectivity index (χ1n) is 9.91. The van der Waals surface area contributed by atoms with Crippen LogP contribution in [0.4, 0.5) is 0 Å². The van der Waals surface area contributed by atoms with E-state index in [0.717, 1.165) is 70.3 Å². The van der Waals surface area contributed by atoms with Gasteiger partial charge in [0.2, 0.25) is 5.91 Å². The molecule has 0 aromatic heterocycles. The maximum absolute atomic E-state index is 12.4. The fourth-order valence-corrected chi connectivity index (χ4v) is 4.11. The maximum Gasteiger partial charge on any atom is 0.244 e. The van der Waals surface area contributed by atoms with E-state index in [1.54, 1.807) is 6.08 Å². The predicted molar refractivity (Wildman–Crippen MR) is 103 cm³/mol. The summed E-state index contributed by atoms with van der Waals surface area (Å²) in [6.45, 7) is 6.37. The van der Waals surface area contributed by atoms with Crippen LogP contribution in [0.3, 0.4) is 0 Å². The number of nitrogens with one attached hydrogen (secondary N) is 1. The lowest BCUT2D eigenvalue weighted by atomic mass is 9.97. The smallest absolute Gasteiger partial charge is 0.244 e. The highest BCUT2D eigenvalue weighted by atomic mass is 16.5. The van der Waals surface area contributed by atoms with Gasteiger partial charge >= 0.3 is 0 Å². The van der Waals surface area contributed by atoms with Crippen molar-refractivity contribution in [3.8, 4) is 5.75 Å². The van der Waals surface area contributed by atoms with Gasteiger partial charge in [-0.3, -0.25) is 9.69 Å². The molecule has 2 fully saturated rings. The Labute approximate surface area is 160 Å². The molecule has 3 aliphatic rings. The van der Waals surface area contributed by atoms with E-state index < -0.39 is 0 Å². The van der Waals surface area contributed by atoms with Gasteiger partial charge in [-0.15, -0.1) is 0 Å². The maximum atomic E-state index is 12.4. The lowest BCUT2D eigenvalue weighted by Gasteiger charge is -2.37. The van der Waals surface area contributed by atoms with E-state index in [2.05, 4.69) is 16.3 Å². The molecule has 6 nitrogen and oxygen atoms in total. The van der Waals surface area contributed by atoms with Gasteiger partial charge in [0.1, 0.15) is 5.75 Å². The van der Waals surface area contributed by atoms with E-state index in [-0.39, 0.29) is 5.91 Å². The summed E-state index contributed by atoms with van der Waals surface area (Å²) >= 11 is 0. The molecule has 2 unspecified atom stereocenters. The van der Waals surface area contributed by atoms with Crippen molar-refractivity contribution in [3.63, 3.8) is 0 Å². The Morgan fingerprint density at radius 1 is 1.22 bits per heavy atom. The van der Waals surface area contributed by atoms with Crippen LogP contribution in [-0.2, 0) is 20.7 Å². The van der Waals surface area contributed by atoms with Crippen molar-refractivity contribution in [2.24, 2.45) is 5.92 Å². The third-order valence-electron chi connectivity index (χ3n) is 5.65. The number of fused-ring (bicyclic) bond motifs is 1. The highest BCUT2D eigenvalue weighted by molar-refractivity contribution is 5.91. The lowest BCUT2D eigenvalue weighted by molar-refractivity contribution is -0.116. The predicted octanol–water partition coefficient (Wildman–Crippen LogP) is 1.49. The summed E-state index contributed by atoms with van der Waals surface area (Å²) in [5, 5.41) is 3.09. The number of nitrogens with zero attached hydrogens (tertiary/aromatic N) is 1. The number of ether oxygens (including phenoxy) is 3. The SMILES string of the molecule is O=C(/C=C/c1ccc2c(c1)CCO2)NCC(C1CCOC1)N1CCOCC1. The molecule has 2 atom stereocenters. The highest BCUT2D eigenvalue weighted by Crippen LogP contribution is 2.26. The minimum Gasteiger partial charge on any atom is -0.493 e. The monoisotopic (exact) mass is 372 g/mol. The van der Waals surface area contributed by atoms with Crippen molar-refractivity contribution >= 4 is 12.0 Å². The summed E-state index contributed by atoms with van der Waals surface area (Å²) in [7, 11) is 0. The average Bonchev–Trinajstić information content (AvgIpc) is 3.39. The molecule has 146 valence electrons. The molecule has 3 heterocycles. The zero-order valence-corrected chi connectivity index (χ0v) is 15.7. The molecule has 2 saturated heterocycles. The number of benzene rings is 1. The summed E-state index contributed by atoms with van der Waals surface area (Å²) in [5.74, 6) is 1.39. The fraction of sp³-hybridized carbons (Fsp3) is 0.571. The van der Waals surface area contributed by atoms with Crippen LogP contribution in [-0.4, -0.2) is 69.5 Å². The van der Waals surface area contributed by atoms with Crippen molar-refractivity contribution in [1.29, 1.82) is 0 Å². The molecule has 6 heteroatoms. The van der Waals surface area contributed by atoms with Crippen LogP contribution in [0.15, 0.2) is 24.3 Å². The largest absolute Gasteiger partial charge is 0.493 e. The summed E-state index contributed by atoms with van der Waals surface area (Å²) in [4.78, 5) is 14.8. The summed E-state index contributed by atoms with van der Waals surface area (Å²) in [6, 6.07) is 6.37. The topological polar surface area (TPSA) is 60.0 Å². The van der Waals surface area contributed by atoms with Gasteiger partial charge in [-0.05, 0) is 35.8 Å². The first kappa shape index (κ1) is 18.5. The van der Waals surface area contributed by atoms with Crippen LogP contribution in [0.25, 0.3) is 6.08 Å². The van der Waals surface area contributed by atoms with Crippen molar-refractivity contribution in [2.45, 2.75) is 18.9 Å². The van der Waals surface area contributed by atoms with Crippen LogP contribution < -0.4 is 10.1 Å². The van der Waals surface area contributed by atoms with Gasteiger partial charge in [0.05, 0.1) is 26.4 Å². The van der Waals surface area contributed by atoms with Crippen molar-refractivity contribution in [1.82, 2.24) is 10.2 Å². The molecule has 1 aromatic rings. The molecule has 0 saturated carbocycles. The molecule has 1 N–H and O–H groups in total. The summed E-state index contributed by atoms with van der Waals surface area (Å²) in [5.41, 5.74) is 2.24. The number of hydrogen-bond acceptors (Lipinski definition) is 5. The Morgan fingerprint density at radius 3 is 2.93 bits per heavy atom. The molecule has 0 aliphatic carbocycles. The quantitative estimate of drug-likeness (QED) is 0.767. The van der Waals surface area contributed by atoms with Crippen molar-refractivity contribution in [2.75, 3.05) is 52.7 Å². The van der Waals surface area contributed by atoms with Crippen LogP contribution in [0.1, 0.15) is 17.5 Å². The minimum absolute atomic E-state index is 0.0519. The van der Waals surface area contributed by atoms with Gasteiger partial charge in [0.25, 0.3) is 0 Å². The van der Waals surface area contributed by atoms with E-state index >= 15 is 0 Å². The number of morpholine rings is 1. The van der Waals surface area contributed by atoms with Crippen LogP contribution in [0.2, 0.25) is 0 Å². The molecule has 0 spiro atoms. The summed E-state index contributed by atoms with van der Waals surface area (Å²) < 4.78 is 16.6. The Bertz CT molecular complexity index is 679. The first-order valence-corrected chi connectivity index (χ1v) is 9.91. The van der Waals surface area contributed by atoms with Gasteiger partial charge in [-0.2, -0.15) is 0 Å². The third kappa shape index (κ3) is 4.69. The lowest BCUT2D eigenvalue weighted by Crippen LogP contribution is -2.52. The molecular weight excluding hydrogens is 344 g/mol. The number of amides is 1. The Balaban J connectivity index is 1.33. The van der Waals surface area contributed by atoms with E-state index in [1.165, 1.54) is 5.56 Å². The molecule has 27 heavy (non-hydrogen) atoms. The van der Waals surface area contributed by atoms with Gasteiger partial charge in [-0.1, -0.05) is 6.07 Å². The zero-order chi connectivity index (χ0) is 18.5. The number of carbonyl (C=O) groups excluding carboxylic acids is 1. The second kappa shape index (κ2) is 8.87. The summed E-state index contributed by atoms with van der Waals surface area (Å²) in [6.07, 6.45) is 5.49. The Morgan fingerprint density at radius 2 is 2.11 bits per heavy atom. The molecule has 1 aromatic carbocycles. The van der Waals surface area contributed by atoms with Crippen molar-refractivity contribution < 1.29 is 19.0 Å². The van der Waals surface area contributed by atoms with Crippen molar-refractivity contribution in [3.05, 3.63) is 35.4 Å². The molecule has 0 radical (unpaired) electrons. The van der Waals surface area contributed by atoms with E-state index in [9.17, 15) is 4.79 Å². The van der Waals surface area contributed by atoms with Crippen LogP contribution in [0, 0.1) is 5.92 Å². The fourth-order valence-electron chi connectivity index (χ4n) is 4.11. The molecule has 3 aliphatic heterocycles. The van der Waals surface area contributed by atoms with E-state index in [0.29, 0.717) is 18.5 Å². The molecule has 4 rings (SSSR count). The number of carbonyl (C=O) groups is 1. The highest BCUT2D eigenvalue weighted by Gasteiger charge is 2.31. The van der Waals surface area contributed by atoms with Crippen LogP contribution >= 0.6 is 0 Å². The average molecular weight is 372 g/mol. The normalized spacial score (nSPS) is 23.9. The molecule has 1 amide bonds. The van der Waals surface area contributed by atoms with Crippen LogP contribution in [0.5, 0.6) is 5.75 Å². The number of hydrogen-bond donors (Lipinski definition) is 1. The molecular formula is C21H28N2O4. The zero-order valence-electron chi connectivity index (χ0n) is 15.7. The minimum atomic E-state index is -0.0519. The second-order valence-corrected chi connectivity index (χ2v) is 7.38. The van der Waals surface area contributed by atoms with E-state index in [1.807, 2.05) is 18.2 Å².